The van der Waals surface area contributed by atoms with Crippen LogP contribution in [0.4, 0.5) is 11.5 Å². The van der Waals surface area contributed by atoms with Gasteiger partial charge >= 0.3 is 0 Å². The minimum absolute atomic E-state index is 0.0224. The Hall–Kier alpha value is -2.65. The molecule has 0 aliphatic carbocycles. The maximum absolute atomic E-state index is 12.7. The number of nitrogens with zero attached hydrogens (tertiary/aromatic N) is 1. The minimum Gasteiger partial charge on any atom is -0.370 e. The van der Waals surface area contributed by atoms with Gasteiger partial charge in [-0.2, -0.15) is 0 Å². The highest BCUT2D eigenvalue weighted by atomic mass is 79.9. The molecule has 3 aromatic rings. The van der Waals surface area contributed by atoms with E-state index in [1.165, 1.54) is 11.3 Å². The van der Waals surface area contributed by atoms with Crippen molar-refractivity contribution < 1.29 is 14.4 Å². The Morgan fingerprint density at radius 2 is 1.91 bits per heavy atom. The number of hydrogen-bond acceptors (Lipinski definition) is 4. The average Bonchev–Trinajstić information content (AvgIpc) is 3.27. The Morgan fingerprint density at radius 1 is 1.19 bits per heavy atom. The Kier molecular flexibility index (Phi) is 7.09. The molecule has 170 valence electrons. The van der Waals surface area contributed by atoms with Crippen molar-refractivity contribution in [2.45, 2.75) is 40.0 Å². The number of aryl methyl sites for hydroxylation is 1. The highest BCUT2D eigenvalue weighted by molar-refractivity contribution is 9.11. The molecule has 0 bridgehead atoms. The SMILES string of the molecule is CN(C(=O)CC(C)(C)C)c1ccc2c(CCC(N)=O)c(NC(=O)c3ccc(Br)s3)[nH]c2c1. The van der Waals surface area contributed by atoms with Gasteiger partial charge in [0.15, 0.2) is 0 Å². The summed E-state index contributed by atoms with van der Waals surface area (Å²) in [6.45, 7) is 6.08. The number of halogens is 1. The summed E-state index contributed by atoms with van der Waals surface area (Å²) in [5, 5.41) is 3.79. The van der Waals surface area contributed by atoms with Crippen molar-refractivity contribution in [1.82, 2.24) is 4.98 Å². The highest BCUT2D eigenvalue weighted by Gasteiger charge is 2.21. The van der Waals surface area contributed by atoms with Gasteiger partial charge in [-0.3, -0.25) is 14.4 Å². The highest BCUT2D eigenvalue weighted by Crippen LogP contribution is 2.32. The molecule has 3 rings (SSSR count). The molecule has 0 unspecified atom stereocenters. The van der Waals surface area contributed by atoms with Gasteiger partial charge in [-0.05, 0) is 52.0 Å². The first kappa shape index (κ1) is 24.0. The van der Waals surface area contributed by atoms with Gasteiger partial charge in [0.2, 0.25) is 11.8 Å². The Bertz CT molecular complexity index is 1180. The van der Waals surface area contributed by atoms with Crippen LogP contribution < -0.4 is 16.0 Å². The maximum atomic E-state index is 12.7. The molecule has 2 heterocycles. The number of primary amides is 1. The summed E-state index contributed by atoms with van der Waals surface area (Å²) in [6, 6.07) is 9.20. The third-order valence-electron chi connectivity index (χ3n) is 4.99. The van der Waals surface area contributed by atoms with Gasteiger partial charge in [-0.1, -0.05) is 26.8 Å². The third-order valence-corrected chi connectivity index (χ3v) is 6.61. The number of H-pyrrole nitrogens is 1. The fourth-order valence-corrected chi connectivity index (χ4v) is 4.68. The average molecular weight is 519 g/mol. The number of amides is 3. The van der Waals surface area contributed by atoms with Crippen LogP contribution in [0.1, 0.15) is 48.8 Å². The van der Waals surface area contributed by atoms with Crippen LogP contribution in [0, 0.1) is 5.41 Å². The first-order valence-corrected chi connectivity index (χ1v) is 11.8. The molecule has 0 aliphatic rings. The number of rotatable bonds is 7. The first-order chi connectivity index (χ1) is 14.9. The lowest BCUT2D eigenvalue weighted by Gasteiger charge is -2.23. The van der Waals surface area contributed by atoms with E-state index in [0.717, 1.165) is 25.9 Å². The predicted molar refractivity (Wildman–Crippen MR) is 133 cm³/mol. The Morgan fingerprint density at radius 3 is 2.50 bits per heavy atom. The predicted octanol–water partition coefficient (Wildman–Crippen LogP) is 5.06. The number of thiophene rings is 1. The quantitative estimate of drug-likeness (QED) is 0.406. The number of fused-ring (bicyclic) bond motifs is 1. The smallest absolute Gasteiger partial charge is 0.266 e. The molecule has 0 fully saturated rings. The number of benzene rings is 1. The van der Waals surface area contributed by atoms with E-state index >= 15 is 0 Å². The molecule has 7 nitrogen and oxygen atoms in total. The molecule has 2 aromatic heterocycles. The number of carbonyl (C=O) groups is 3. The van der Waals surface area contributed by atoms with Crippen molar-refractivity contribution in [2.75, 3.05) is 17.3 Å². The molecule has 1 aromatic carbocycles. The van der Waals surface area contributed by atoms with Crippen LogP contribution in [0.5, 0.6) is 0 Å². The standard InChI is InChI=1S/C23H27BrN4O3S/c1-23(2,3)12-20(30)28(4)13-5-6-14-15(7-10-19(25)29)21(26-16(14)11-13)27-22(31)17-8-9-18(24)32-17/h5-6,8-9,11,26H,7,10,12H2,1-4H3,(H2,25,29)(H,27,31). The zero-order valence-electron chi connectivity index (χ0n) is 18.5. The summed E-state index contributed by atoms with van der Waals surface area (Å²) in [4.78, 5) is 42.2. The number of hydrogen-bond donors (Lipinski definition) is 3. The summed E-state index contributed by atoms with van der Waals surface area (Å²) < 4.78 is 0.862. The van der Waals surface area contributed by atoms with Crippen LogP contribution in [-0.4, -0.2) is 29.8 Å². The molecule has 9 heteroatoms. The van der Waals surface area contributed by atoms with Gasteiger partial charge in [-0.15, -0.1) is 11.3 Å². The molecule has 0 radical (unpaired) electrons. The van der Waals surface area contributed by atoms with E-state index in [-0.39, 0.29) is 23.7 Å². The fraction of sp³-hybridized carbons (Fsp3) is 0.348. The van der Waals surface area contributed by atoms with E-state index < -0.39 is 5.91 Å². The Balaban J connectivity index is 1.95. The topological polar surface area (TPSA) is 108 Å². The number of aromatic nitrogens is 1. The van der Waals surface area contributed by atoms with Crippen LogP contribution in [0.15, 0.2) is 34.1 Å². The molecule has 0 saturated heterocycles. The van der Waals surface area contributed by atoms with Crippen LogP contribution in [0.2, 0.25) is 0 Å². The van der Waals surface area contributed by atoms with E-state index in [0.29, 0.717) is 23.5 Å². The Labute approximate surface area is 199 Å². The van der Waals surface area contributed by atoms with Gasteiger partial charge < -0.3 is 20.9 Å². The van der Waals surface area contributed by atoms with E-state index in [1.54, 1.807) is 18.0 Å². The van der Waals surface area contributed by atoms with E-state index in [2.05, 4.69) is 26.2 Å². The zero-order chi connectivity index (χ0) is 23.6. The number of aromatic amines is 1. The van der Waals surface area contributed by atoms with E-state index in [4.69, 9.17) is 5.73 Å². The molecule has 4 N–H and O–H groups in total. The van der Waals surface area contributed by atoms with Gasteiger partial charge in [0, 0.05) is 42.0 Å². The van der Waals surface area contributed by atoms with Gasteiger partial charge in [0.1, 0.15) is 5.82 Å². The lowest BCUT2D eigenvalue weighted by atomic mass is 9.91. The molecule has 0 aliphatic heterocycles. The molecule has 0 saturated carbocycles. The molecule has 0 atom stereocenters. The van der Waals surface area contributed by atoms with Crippen molar-refractivity contribution in [3.05, 3.63) is 44.6 Å². The number of anilines is 2. The first-order valence-electron chi connectivity index (χ1n) is 10.2. The lowest BCUT2D eigenvalue weighted by molar-refractivity contribution is -0.120. The van der Waals surface area contributed by atoms with Crippen molar-refractivity contribution in [3.63, 3.8) is 0 Å². The normalized spacial score (nSPS) is 11.5. The largest absolute Gasteiger partial charge is 0.370 e. The van der Waals surface area contributed by atoms with E-state index in [9.17, 15) is 14.4 Å². The maximum Gasteiger partial charge on any atom is 0.266 e. The third kappa shape index (κ3) is 5.77. The zero-order valence-corrected chi connectivity index (χ0v) is 20.9. The molecular formula is C23H27BrN4O3S. The molecular weight excluding hydrogens is 492 g/mol. The molecule has 0 spiro atoms. The molecule has 3 amide bonds. The van der Waals surface area contributed by atoms with Crippen LogP contribution in [0.3, 0.4) is 0 Å². The van der Waals surface area contributed by atoms with Gasteiger partial charge in [0.05, 0.1) is 8.66 Å². The summed E-state index contributed by atoms with van der Waals surface area (Å²) >= 11 is 4.70. The van der Waals surface area contributed by atoms with Crippen molar-refractivity contribution >= 4 is 67.4 Å². The minimum atomic E-state index is -0.414. The summed E-state index contributed by atoms with van der Waals surface area (Å²) in [7, 11) is 1.75. The van der Waals surface area contributed by atoms with Crippen molar-refractivity contribution in [1.29, 1.82) is 0 Å². The van der Waals surface area contributed by atoms with Gasteiger partial charge in [0.25, 0.3) is 5.91 Å². The van der Waals surface area contributed by atoms with E-state index in [1.807, 2.05) is 45.0 Å². The number of carbonyl (C=O) groups excluding carboxylic acids is 3. The second-order valence-electron chi connectivity index (χ2n) is 8.92. The summed E-state index contributed by atoms with van der Waals surface area (Å²) in [5.41, 5.74) is 7.56. The van der Waals surface area contributed by atoms with Crippen LogP contribution >= 0.6 is 27.3 Å². The van der Waals surface area contributed by atoms with Crippen LogP contribution in [-0.2, 0) is 16.0 Å². The lowest BCUT2D eigenvalue weighted by Crippen LogP contribution is -2.29. The number of nitrogens with one attached hydrogen (secondary N) is 2. The fourth-order valence-electron chi connectivity index (χ4n) is 3.39. The van der Waals surface area contributed by atoms with Crippen molar-refractivity contribution in [2.24, 2.45) is 11.1 Å². The van der Waals surface area contributed by atoms with Gasteiger partial charge in [-0.25, -0.2) is 0 Å². The summed E-state index contributed by atoms with van der Waals surface area (Å²) in [6.07, 6.45) is 0.969. The second-order valence-corrected chi connectivity index (χ2v) is 11.4. The molecule has 32 heavy (non-hydrogen) atoms. The monoisotopic (exact) mass is 518 g/mol. The summed E-state index contributed by atoms with van der Waals surface area (Å²) in [5.74, 6) is -0.112. The number of nitrogens with two attached hydrogens (primary N) is 1. The van der Waals surface area contributed by atoms with Crippen LogP contribution in [0.25, 0.3) is 10.9 Å². The second kappa shape index (κ2) is 9.46. The van der Waals surface area contributed by atoms with Crippen molar-refractivity contribution in [3.8, 4) is 0 Å².